The second kappa shape index (κ2) is 10.1. The molecule has 2 aliphatic carbocycles. The smallest absolute Gasteiger partial charge is 0.225 e. The van der Waals surface area contributed by atoms with E-state index >= 15 is 0 Å². The molecule has 162 valence electrons. The Labute approximate surface area is 177 Å². The first-order valence-corrected chi connectivity index (χ1v) is 12.4. The third-order valence-electron chi connectivity index (χ3n) is 7.47. The highest BCUT2D eigenvalue weighted by Gasteiger charge is 2.29. The summed E-state index contributed by atoms with van der Waals surface area (Å²) in [4.78, 5) is 12.6. The molecule has 1 aliphatic heterocycles. The van der Waals surface area contributed by atoms with Gasteiger partial charge < -0.3 is 15.5 Å². The van der Waals surface area contributed by atoms with Gasteiger partial charge in [-0.25, -0.2) is 4.98 Å². The molecule has 2 heterocycles. The second-order valence-corrected chi connectivity index (χ2v) is 9.43. The van der Waals surface area contributed by atoms with E-state index in [9.17, 15) is 0 Å². The maximum atomic E-state index is 5.11. The van der Waals surface area contributed by atoms with E-state index in [-0.39, 0.29) is 0 Å². The summed E-state index contributed by atoms with van der Waals surface area (Å²) < 4.78 is 0. The first-order valence-electron chi connectivity index (χ1n) is 12.4. The number of hydrogen-bond donors (Lipinski definition) is 2. The molecule has 1 aromatic rings. The summed E-state index contributed by atoms with van der Waals surface area (Å²) in [6.45, 7) is 8.07. The van der Waals surface area contributed by atoms with Crippen LogP contribution < -0.4 is 15.5 Å². The van der Waals surface area contributed by atoms with Crippen LogP contribution in [0.5, 0.6) is 0 Å². The molecule has 1 saturated carbocycles. The van der Waals surface area contributed by atoms with Crippen molar-refractivity contribution >= 4 is 11.8 Å². The molecule has 0 bridgehead atoms. The minimum absolute atomic E-state index is 0.459. The number of nitrogens with zero attached hydrogens (tertiary/aromatic N) is 3. The molecule has 5 nitrogen and oxygen atoms in total. The largest absolute Gasteiger partial charge is 0.356 e. The summed E-state index contributed by atoms with van der Waals surface area (Å²) in [5, 5.41) is 7.63. The van der Waals surface area contributed by atoms with Crippen LogP contribution in [0, 0.1) is 5.92 Å². The highest BCUT2D eigenvalue weighted by molar-refractivity contribution is 5.54. The van der Waals surface area contributed by atoms with Gasteiger partial charge in [0.15, 0.2) is 0 Å². The number of nitrogens with one attached hydrogen (secondary N) is 2. The molecule has 0 spiro atoms. The van der Waals surface area contributed by atoms with Crippen molar-refractivity contribution in [1.82, 2.24) is 15.3 Å². The van der Waals surface area contributed by atoms with E-state index < -0.39 is 0 Å². The molecule has 5 heteroatoms. The number of fused-ring (bicyclic) bond motifs is 1. The summed E-state index contributed by atoms with van der Waals surface area (Å²) in [5.74, 6) is 2.92. The van der Waals surface area contributed by atoms with E-state index in [2.05, 4.69) is 29.4 Å². The molecule has 2 N–H and O–H groups in total. The van der Waals surface area contributed by atoms with Gasteiger partial charge in [0, 0.05) is 30.7 Å². The second-order valence-electron chi connectivity index (χ2n) is 9.43. The lowest BCUT2D eigenvalue weighted by molar-refractivity contribution is 0.398. The fraction of sp³-hybridized carbons (Fsp3) is 0.833. The van der Waals surface area contributed by atoms with Crippen LogP contribution in [0.4, 0.5) is 11.8 Å². The van der Waals surface area contributed by atoms with Crippen LogP contribution in [0.3, 0.4) is 0 Å². The Morgan fingerprint density at radius 3 is 2.41 bits per heavy atom. The topological polar surface area (TPSA) is 53.1 Å². The SMILES string of the molecule is CCC(CC)CNC1CCCC1Nc1nc2c(c(N3CCCCCC3)n1)CCC2. The van der Waals surface area contributed by atoms with Crippen LogP contribution >= 0.6 is 0 Å². The summed E-state index contributed by atoms with van der Waals surface area (Å²) in [5.41, 5.74) is 2.74. The molecule has 0 radical (unpaired) electrons. The van der Waals surface area contributed by atoms with E-state index in [1.54, 1.807) is 0 Å². The first-order chi connectivity index (χ1) is 14.3. The summed E-state index contributed by atoms with van der Waals surface area (Å²) in [6, 6.07) is 1.01. The fourth-order valence-electron chi connectivity index (χ4n) is 5.46. The van der Waals surface area contributed by atoms with E-state index in [1.807, 2.05) is 0 Å². The third-order valence-corrected chi connectivity index (χ3v) is 7.47. The Hall–Kier alpha value is -1.36. The Morgan fingerprint density at radius 1 is 0.897 bits per heavy atom. The lowest BCUT2D eigenvalue weighted by Crippen LogP contribution is -2.42. The number of rotatable bonds is 8. The van der Waals surface area contributed by atoms with Crippen LogP contribution in [0.2, 0.25) is 0 Å². The monoisotopic (exact) mass is 399 g/mol. The lowest BCUT2D eigenvalue weighted by atomic mass is 10.0. The van der Waals surface area contributed by atoms with Crippen molar-refractivity contribution in [2.75, 3.05) is 29.9 Å². The minimum atomic E-state index is 0.459. The van der Waals surface area contributed by atoms with Crippen LogP contribution in [0.15, 0.2) is 0 Å². The van der Waals surface area contributed by atoms with Gasteiger partial charge >= 0.3 is 0 Å². The van der Waals surface area contributed by atoms with Gasteiger partial charge in [0.05, 0.1) is 5.69 Å². The number of anilines is 2. The van der Waals surface area contributed by atoms with Crippen molar-refractivity contribution < 1.29 is 0 Å². The van der Waals surface area contributed by atoms with Crippen molar-refractivity contribution in [3.8, 4) is 0 Å². The molecule has 2 atom stereocenters. The molecule has 3 aliphatic rings. The minimum Gasteiger partial charge on any atom is -0.356 e. The Kier molecular flexibility index (Phi) is 7.28. The van der Waals surface area contributed by atoms with Crippen molar-refractivity contribution in [2.24, 2.45) is 5.92 Å². The maximum Gasteiger partial charge on any atom is 0.225 e. The summed E-state index contributed by atoms with van der Waals surface area (Å²) in [7, 11) is 0. The van der Waals surface area contributed by atoms with Crippen LogP contribution in [0.25, 0.3) is 0 Å². The van der Waals surface area contributed by atoms with Gasteiger partial charge in [0.2, 0.25) is 5.95 Å². The highest BCUT2D eigenvalue weighted by atomic mass is 15.2. The Balaban J connectivity index is 1.47. The third kappa shape index (κ3) is 5.04. The molecule has 1 aromatic heterocycles. The van der Waals surface area contributed by atoms with Gasteiger partial charge in [0.1, 0.15) is 5.82 Å². The molecule has 0 amide bonds. The van der Waals surface area contributed by atoms with E-state index in [4.69, 9.17) is 9.97 Å². The van der Waals surface area contributed by atoms with Crippen molar-refractivity contribution in [2.45, 2.75) is 103 Å². The summed E-state index contributed by atoms with van der Waals surface area (Å²) in [6.07, 6.45) is 15.1. The number of aromatic nitrogens is 2. The van der Waals surface area contributed by atoms with E-state index in [0.29, 0.717) is 12.1 Å². The van der Waals surface area contributed by atoms with Crippen LogP contribution in [-0.4, -0.2) is 41.7 Å². The van der Waals surface area contributed by atoms with Gasteiger partial charge in [-0.15, -0.1) is 0 Å². The normalized spacial score (nSPS) is 24.7. The van der Waals surface area contributed by atoms with Crippen LogP contribution in [0.1, 0.15) is 89.3 Å². The maximum absolute atomic E-state index is 5.11. The Bertz CT molecular complexity index is 649. The molecule has 2 fully saturated rings. The molecule has 29 heavy (non-hydrogen) atoms. The first kappa shape index (κ1) is 20.9. The highest BCUT2D eigenvalue weighted by Crippen LogP contribution is 2.32. The van der Waals surface area contributed by atoms with Gasteiger partial charge in [-0.2, -0.15) is 4.98 Å². The van der Waals surface area contributed by atoms with Crippen molar-refractivity contribution in [3.05, 3.63) is 11.3 Å². The average molecular weight is 400 g/mol. The van der Waals surface area contributed by atoms with Crippen molar-refractivity contribution in [3.63, 3.8) is 0 Å². The number of hydrogen-bond acceptors (Lipinski definition) is 5. The zero-order valence-corrected chi connectivity index (χ0v) is 18.7. The number of aryl methyl sites for hydroxylation is 1. The average Bonchev–Trinajstić information content (AvgIpc) is 3.30. The fourth-order valence-corrected chi connectivity index (χ4v) is 5.46. The predicted molar refractivity (Wildman–Crippen MR) is 122 cm³/mol. The molecule has 1 saturated heterocycles. The zero-order valence-electron chi connectivity index (χ0n) is 18.7. The summed E-state index contributed by atoms with van der Waals surface area (Å²) >= 11 is 0. The lowest BCUT2D eigenvalue weighted by Gasteiger charge is -2.27. The zero-order chi connectivity index (χ0) is 20.1. The van der Waals surface area contributed by atoms with Gasteiger partial charge in [-0.05, 0) is 63.8 Å². The Morgan fingerprint density at radius 2 is 1.66 bits per heavy atom. The van der Waals surface area contributed by atoms with Gasteiger partial charge in [0.25, 0.3) is 0 Å². The molecular formula is C24H41N5. The van der Waals surface area contributed by atoms with Crippen molar-refractivity contribution in [1.29, 1.82) is 0 Å². The van der Waals surface area contributed by atoms with Gasteiger partial charge in [-0.3, -0.25) is 0 Å². The molecule has 2 unspecified atom stereocenters. The molecule has 4 rings (SSSR count). The quantitative estimate of drug-likeness (QED) is 0.663. The molecular weight excluding hydrogens is 358 g/mol. The van der Waals surface area contributed by atoms with E-state index in [0.717, 1.165) is 44.3 Å². The van der Waals surface area contributed by atoms with E-state index in [1.165, 1.54) is 81.3 Å². The predicted octanol–water partition coefficient (Wildman–Crippen LogP) is 4.70. The van der Waals surface area contributed by atoms with Crippen LogP contribution in [-0.2, 0) is 12.8 Å². The molecule has 0 aromatic carbocycles. The van der Waals surface area contributed by atoms with Gasteiger partial charge in [-0.1, -0.05) is 39.5 Å². The standard InChI is InChI=1S/C24H41N5/c1-3-18(4-2)17-25-21-13-10-14-22(21)27-24-26-20-12-9-11-19(20)23(28-24)29-15-7-5-6-8-16-29/h18,21-22,25H,3-17H2,1-2H3,(H,26,27,28).